The number of ketones is 2. The van der Waals surface area contributed by atoms with Crippen LogP contribution in [0.3, 0.4) is 0 Å². The number of rotatable bonds is 23. The van der Waals surface area contributed by atoms with E-state index < -0.39 is 12.2 Å². The fourth-order valence-corrected chi connectivity index (χ4v) is 12.8. The Morgan fingerprint density at radius 1 is 0.943 bits per heavy atom. The van der Waals surface area contributed by atoms with Crippen molar-refractivity contribution in [3.05, 3.63) is 136 Å². The third-order valence-electron chi connectivity index (χ3n) is 16.5. The number of nitrogens with two attached hydrogens (primary N) is 1. The minimum atomic E-state index is -0.581. The van der Waals surface area contributed by atoms with Crippen molar-refractivity contribution in [1.29, 1.82) is 0 Å². The van der Waals surface area contributed by atoms with Crippen LogP contribution in [0.4, 0.5) is 0 Å². The fourth-order valence-electron chi connectivity index (χ4n) is 12.8. The third-order valence-corrected chi connectivity index (χ3v) is 16.5. The van der Waals surface area contributed by atoms with Crippen molar-refractivity contribution < 1.29 is 29.6 Å². The van der Waals surface area contributed by atoms with E-state index in [2.05, 4.69) is 76.6 Å². The van der Waals surface area contributed by atoms with E-state index in [4.69, 9.17) is 10.5 Å². The van der Waals surface area contributed by atoms with Crippen LogP contribution in [0.1, 0.15) is 124 Å². The second-order valence-electron chi connectivity index (χ2n) is 21.4. The summed E-state index contributed by atoms with van der Waals surface area (Å²) in [6, 6.07) is 23.1. The van der Waals surface area contributed by atoms with Gasteiger partial charge in [-0.1, -0.05) is 92.4 Å². The molecule has 2 aliphatic carbocycles. The molecule has 3 aliphatic heterocycles. The van der Waals surface area contributed by atoms with Crippen LogP contribution in [-0.4, -0.2) is 78.0 Å². The smallest absolute Gasteiger partial charge is 0.163 e. The predicted molar refractivity (Wildman–Crippen MR) is 280 cm³/mol. The molecule has 8 N–H and O–H groups in total. The number of aliphatic hydroxyl groups is 2. The van der Waals surface area contributed by atoms with Gasteiger partial charge in [0.05, 0.1) is 31.9 Å². The van der Waals surface area contributed by atoms with Crippen molar-refractivity contribution in [3.63, 3.8) is 0 Å². The summed E-state index contributed by atoms with van der Waals surface area (Å²) in [5.74, 6) is 2.59. The molecule has 2 saturated carbocycles. The highest BCUT2D eigenvalue weighted by molar-refractivity contribution is 6.07. The largest absolute Gasteiger partial charge is 0.504 e. The van der Waals surface area contributed by atoms with Gasteiger partial charge in [-0.3, -0.25) is 9.59 Å². The lowest BCUT2D eigenvalue weighted by molar-refractivity contribution is -0.124. The second-order valence-corrected chi connectivity index (χ2v) is 21.4. The van der Waals surface area contributed by atoms with Gasteiger partial charge in [0.1, 0.15) is 5.78 Å². The Labute approximate surface area is 417 Å². The van der Waals surface area contributed by atoms with Crippen molar-refractivity contribution in [2.45, 2.75) is 140 Å². The number of aliphatic hydroxyl groups excluding tert-OH is 1. The average Bonchev–Trinajstić information content (AvgIpc) is 3.37. The number of nitrogens with one attached hydrogen (secondary N) is 3. The van der Waals surface area contributed by atoms with Gasteiger partial charge in [-0.25, -0.2) is 0 Å². The van der Waals surface area contributed by atoms with E-state index in [0.29, 0.717) is 71.6 Å². The first-order valence-electron chi connectivity index (χ1n) is 26.7. The Bertz CT molecular complexity index is 2350. The minimum Gasteiger partial charge on any atom is -0.504 e. The molecule has 3 aromatic carbocycles. The Kier molecular flexibility index (Phi) is 18.4. The molecule has 0 bridgehead atoms. The fraction of sp³-hybridized carbons (Fsp3) is 0.533. The molecule has 0 radical (unpaired) electrons. The molecular weight excluding hydrogens is 873 g/mol. The van der Waals surface area contributed by atoms with Crippen LogP contribution in [0, 0.1) is 29.6 Å². The van der Waals surface area contributed by atoms with Crippen molar-refractivity contribution >= 4 is 17.1 Å². The highest BCUT2D eigenvalue weighted by Crippen LogP contribution is 2.47. The molecule has 5 aliphatic rings. The molecule has 0 aromatic heterocycles. The quantitative estimate of drug-likeness (QED) is 0.0277. The molecule has 7 unspecified atom stereocenters. The molecule has 10 heteroatoms. The number of fused-ring (bicyclic) bond motifs is 2. The van der Waals surface area contributed by atoms with Crippen molar-refractivity contribution in [1.82, 2.24) is 16.0 Å². The number of benzene rings is 3. The lowest BCUT2D eigenvalue weighted by Gasteiger charge is -2.51. The van der Waals surface area contributed by atoms with E-state index in [1.54, 1.807) is 12.1 Å². The summed E-state index contributed by atoms with van der Waals surface area (Å²) in [7, 11) is 1.47. The summed E-state index contributed by atoms with van der Waals surface area (Å²) in [5, 5.41) is 44.2. The number of phenolic OH excluding ortho intramolecular Hbond substituents is 1. The zero-order chi connectivity index (χ0) is 48.9. The highest BCUT2D eigenvalue weighted by atomic mass is 16.5. The predicted octanol–water partition coefficient (Wildman–Crippen LogP) is 9.01. The second kappa shape index (κ2) is 25.0. The van der Waals surface area contributed by atoms with Crippen molar-refractivity contribution in [2.75, 3.05) is 33.4 Å². The molecule has 7 atom stereocenters. The van der Waals surface area contributed by atoms with Crippen LogP contribution in [0.2, 0.25) is 0 Å². The molecule has 3 aromatic rings. The normalized spacial score (nSPS) is 24.6. The van der Waals surface area contributed by atoms with Gasteiger partial charge < -0.3 is 41.7 Å². The van der Waals surface area contributed by atoms with E-state index in [1.807, 2.05) is 18.3 Å². The Morgan fingerprint density at radius 2 is 1.71 bits per heavy atom. The van der Waals surface area contributed by atoms with Crippen LogP contribution in [-0.2, 0) is 35.3 Å². The van der Waals surface area contributed by atoms with Crippen LogP contribution < -0.4 is 26.4 Å². The van der Waals surface area contributed by atoms with Gasteiger partial charge in [0, 0.05) is 25.2 Å². The number of hydrogen-bond acceptors (Lipinski definition) is 10. The van der Waals surface area contributed by atoms with Crippen LogP contribution in [0.5, 0.6) is 11.5 Å². The van der Waals surface area contributed by atoms with Gasteiger partial charge >= 0.3 is 0 Å². The Morgan fingerprint density at radius 3 is 2.50 bits per heavy atom. The maximum absolute atomic E-state index is 13.7. The lowest BCUT2D eigenvalue weighted by atomic mass is 9.59. The highest BCUT2D eigenvalue weighted by Gasteiger charge is 2.45. The lowest BCUT2D eigenvalue weighted by Crippen LogP contribution is -2.56. The average molecular weight is 953 g/mol. The van der Waals surface area contributed by atoms with Crippen LogP contribution >= 0.6 is 0 Å². The summed E-state index contributed by atoms with van der Waals surface area (Å²) in [5.41, 5.74) is 13.4. The number of carbonyl (C=O) groups is 2. The zero-order valence-corrected chi connectivity index (χ0v) is 41.7. The Balaban J connectivity index is 0.909. The summed E-state index contributed by atoms with van der Waals surface area (Å²) in [4.78, 5) is 27.3. The van der Waals surface area contributed by atoms with E-state index >= 15 is 0 Å². The van der Waals surface area contributed by atoms with Gasteiger partial charge in [-0.05, 0) is 195 Å². The summed E-state index contributed by atoms with van der Waals surface area (Å²) < 4.78 is 5.51. The molecule has 0 spiro atoms. The molecule has 3 heterocycles. The molecule has 1 saturated heterocycles. The number of piperidine rings is 1. The first kappa shape index (κ1) is 51.5. The molecule has 8 rings (SSSR count). The van der Waals surface area contributed by atoms with Crippen LogP contribution in [0.25, 0.3) is 5.57 Å². The standard InChI is InChI=1S/C60H80N4O6/c1-70-57-37-54(47(34-56(57)68)32-48-39-64-58(61)35-45(48)21-20-43-14-8-13-42(29-43)19-18-41-11-4-2-5-12-41)50(40-65)33-52(67)36-51(66)17-9-15-44(22-26-60(69)24-6-3-7-25-60)30-55-53-23-28-62-38-49(53)31-46-16-10-27-63-59(46)55/h2,4-5,8,10-14,16,29,33-35,37,39,44,46,49,53,55,58-59,62-65,68-69H,3,6-7,9,15,17-28,30-32,36,38,40,61H2,1H3. The molecular formula is C60H80N4O6. The summed E-state index contributed by atoms with van der Waals surface area (Å²) in [6.07, 6.45) is 25.8. The molecule has 0 amide bonds. The number of methoxy groups -OCH3 is 1. The first-order chi connectivity index (χ1) is 34.1. The van der Waals surface area contributed by atoms with E-state index in [1.165, 1.54) is 49.1 Å². The van der Waals surface area contributed by atoms with Crippen molar-refractivity contribution in [3.8, 4) is 11.5 Å². The number of ether oxygens (including phenoxy) is 1. The monoisotopic (exact) mass is 953 g/mol. The number of aryl methyl sites for hydroxylation is 3. The number of dihydropyridines is 1. The van der Waals surface area contributed by atoms with Gasteiger partial charge in [-0.2, -0.15) is 0 Å². The maximum atomic E-state index is 13.7. The first-order valence-corrected chi connectivity index (χ1v) is 26.7. The number of hydrogen-bond donors (Lipinski definition) is 7. The van der Waals surface area contributed by atoms with Gasteiger partial charge in [0.15, 0.2) is 17.3 Å². The maximum Gasteiger partial charge on any atom is 0.163 e. The molecule has 3 fully saturated rings. The van der Waals surface area contributed by atoms with Crippen LogP contribution in [0.15, 0.2) is 108 Å². The third kappa shape index (κ3) is 14.0. The molecule has 376 valence electrons. The zero-order valence-electron chi connectivity index (χ0n) is 41.7. The summed E-state index contributed by atoms with van der Waals surface area (Å²) in [6.45, 7) is 2.64. The van der Waals surface area contributed by atoms with Gasteiger partial charge in [-0.15, -0.1) is 0 Å². The van der Waals surface area contributed by atoms with E-state index in [9.17, 15) is 24.9 Å². The molecule has 10 nitrogen and oxygen atoms in total. The van der Waals surface area contributed by atoms with E-state index in [0.717, 1.165) is 108 Å². The van der Waals surface area contributed by atoms with Crippen molar-refractivity contribution in [2.24, 2.45) is 35.3 Å². The molecule has 70 heavy (non-hydrogen) atoms. The van der Waals surface area contributed by atoms with Gasteiger partial charge in [0.25, 0.3) is 0 Å². The topological polar surface area (TPSA) is 166 Å². The number of allylic oxidation sites excluding steroid dienone is 3. The minimum absolute atomic E-state index is 0.0455. The summed E-state index contributed by atoms with van der Waals surface area (Å²) >= 11 is 0. The number of phenols is 1. The SMILES string of the molecule is COc1cc(C(=CC(=O)CC(=O)CCCC(CCC2(O)CCCCC2)CC2C3CCNCC3CC3C=CCNC32)CO)c(CC2=CNC(N)C=C2CCc2cccc(CCc3ccccc3)c2)cc1O. The number of carbonyl (C=O) groups excluding carboxylic acids is 2. The van der Waals surface area contributed by atoms with Gasteiger partial charge in [0.2, 0.25) is 0 Å². The number of aromatic hydroxyl groups is 1. The number of Topliss-reactive ketones (excluding diaryl/α,β-unsaturated/α-hetero) is 1. The van der Waals surface area contributed by atoms with E-state index in [-0.39, 0.29) is 35.7 Å². The Hall–Kier alpha value is -4.84.